The van der Waals surface area contributed by atoms with E-state index in [2.05, 4.69) is 30.4 Å². The molecule has 27 heavy (non-hydrogen) atoms. The Balaban J connectivity index is 1.41. The number of rotatable bonds is 4. The first kappa shape index (κ1) is 17.4. The van der Waals surface area contributed by atoms with Gasteiger partial charge >= 0.3 is 0 Å². The Labute approximate surface area is 157 Å². The fourth-order valence-corrected chi connectivity index (χ4v) is 3.54. The third-order valence-corrected chi connectivity index (χ3v) is 4.85. The third kappa shape index (κ3) is 3.74. The number of aromatic nitrogens is 5. The standard InChI is InChI=1S/C19H23N7O/c1-13-10-14(2)22-19(21-13)25-8-5-6-15(12-25)18(27)20-11-17-24-23-16-7-3-4-9-26(16)17/h3-4,7,9-10,15H,5-6,8,11-12H2,1-2H3,(H,20,27)/t15-/m1/s1. The summed E-state index contributed by atoms with van der Waals surface area (Å²) in [6.45, 7) is 5.81. The van der Waals surface area contributed by atoms with Crippen LogP contribution in [0.5, 0.6) is 0 Å². The van der Waals surface area contributed by atoms with Gasteiger partial charge in [0.2, 0.25) is 11.9 Å². The van der Waals surface area contributed by atoms with Gasteiger partial charge in [-0.15, -0.1) is 10.2 Å². The van der Waals surface area contributed by atoms with Crippen molar-refractivity contribution in [3.63, 3.8) is 0 Å². The molecule has 1 amide bonds. The van der Waals surface area contributed by atoms with Crippen molar-refractivity contribution < 1.29 is 4.79 Å². The largest absolute Gasteiger partial charge is 0.348 e. The molecule has 1 aliphatic rings. The number of nitrogens with one attached hydrogen (secondary N) is 1. The minimum Gasteiger partial charge on any atom is -0.348 e. The van der Waals surface area contributed by atoms with Crippen LogP contribution in [0.4, 0.5) is 5.95 Å². The monoisotopic (exact) mass is 365 g/mol. The molecule has 4 heterocycles. The van der Waals surface area contributed by atoms with E-state index >= 15 is 0 Å². The highest BCUT2D eigenvalue weighted by molar-refractivity contribution is 5.79. The van der Waals surface area contributed by atoms with Gasteiger partial charge in [0, 0.05) is 30.7 Å². The zero-order valence-corrected chi connectivity index (χ0v) is 15.6. The number of hydrogen-bond donors (Lipinski definition) is 1. The van der Waals surface area contributed by atoms with Crippen molar-refractivity contribution >= 4 is 17.5 Å². The van der Waals surface area contributed by atoms with Crippen LogP contribution in [0.15, 0.2) is 30.5 Å². The summed E-state index contributed by atoms with van der Waals surface area (Å²) in [4.78, 5) is 23.9. The Morgan fingerprint density at radius 3 is 2.85 bits per heavy atom. The normalized spacial score (nSPS) is 17.3. The summed E-state index contributed by atoms with van der Waals surface area (Å²) in [6, 6.07) is 7.68. The second-order valence-electron chi connectivity index (χ2n) is 7.00. The molecule has 0 saturated carbocycles. The molecule has 8 heteroatoms. The molecular weight excluding hydrogens is 342 g/mol. The predicted molar refractivity (Wildman–Crippen MR) is 101 cm³/mol. The first-order chi connectivity index (χ1) is 13.1. The van der Waals surface area contributed by atoms with Gasteiger partial charge in [0.1, 0.15) is 0 Å². The molecule has 1 aliphatic heterocycles. The molecule has 0 aromatic carbocycles. The second kappa shape index (κ2) is 7.30. The predicted octanol–water partition coefficient (Wildman–Crippen LogP) is 1.67. The van der Waals surface area contributed by atoms with Gasteiger partial charge in [0.25, 0.3) is 0 Å². The number of anilines is 1. The lowest BCUT2D eigenvalue weighted by atomic mass is 9.97. The summed E-state index contributed by atoms with van der Waals surface area (Å²) < 4.78 is 1.89. The van der Waals surface area contributed by atoms with Crippen LogP contribution in [0.1, 0.15) is 30.1 Å². The van der Waals surface area contributed by atoms with E-state index < -0.39 is 0 Å². The lowest BCUT2D eigenvalue weighted by Crippen LogP contribution is -2.43. The number of hydrogen-bond acceptors (Lipinski definition) is 6. The minimum absolute atomic E-state index is 0.0387. The average molecular weight is 365 g/mol. The molecule has 0 radical (unpaired) electrons. The highest BCUT2D eigenvalue weighted by Crippen LogP contribution is 2.21. The Bertz CT molecular complexity index is 947. The molecule has 1 N–H and O–H groups in total. The number of amides is 1. The summed E-state index contributed by atoms with van der Waals surface area (Å²) >= 11 is 0. The molecular formula is C19H23N7O. The molecule has 4 rings (SSSR count). The Kier molecular flexibility index (Phi) is 4.70. The molecule has 0 spiro atoms. The summed E-state index contributed by atoms with van der Waals surface area (Å²) in [7, 11) is 0. The van der Waals surface area contributed by atoms with Crippen LogP contribution >= 0.6 is 0 Å². The SMILES string of the molecule is Cc1cc(C)nc(N2CCC[C@@H](C(=O)NCc3nnc4ccccn34)C2)n1. The Hall–Kier alpha value is -3.03. The van der Waals surface area contributed by atoms with Crippen molar-refractivity contribution in [2.45, 2.75) is 33.2 Å². The van der Waals surface area contributed by atoms with E-state index in [1.807, 2.05) is 48.7 Å². The minimum atomic E-state index is -0.0812. The molecule has 140 valence electrons. The van der Waals surface area contributed by atoms with Gasteiger partial charge in [-0.3, -0.25) is 9.20 Å². The van der Waals surface area contributed by atoms with E-state index in [9.17, 15) is 4.79 Å². The number of piperidine rings is 1. The second-order valence-corrected chi connectivity index (χ2v) is 7.00. The number of aryl methyl sites for hydroxylation is 2. The van der Waals surface area contributed by atoms with Gasteiger partial charge in [-0.05, 0) is 44.9 Å². The Morgan fingerprint density at radius 2 is 2.04 bits per heavy atom. The van der Waals surface area contributed by atoms with Gasteiger partial charge in [-0.1, -0.05) is 6.07 Å². The summed E-state index contributed by atoms with van der Waals surface area (Å²) in [5.74, 6) is 1.40. The lowest BCUT2D eigenvalue weighted by Gasteiger charge is -2.32. The number of carbonyl (C=O) groups is 1. The first-order valence-electron chi connectivity index (χ1n) is 9.24. The number of fused-ring (bicyclic) bond motifs is 1. The molecule has 0 bridgehead atoms. The number of carbonyl (C=O) groups excluding carboxylic acids is 1. The maximum Gasteiger partial charge on any atom is 0.225 e. The first-order valence-corrected chi connectivity index (χ1v) is 9.24. The summed E-state index contributed by atoms with van der Waals surface area (Å²) in [5.41, 5.74) is 2.67. The molecule has 1 saturated heterocycles. The van der Waals surface area contributed by atoms with Crippen molar-refractivity contribution in [2.75, 3.05) is 18.0 Å². The third-order valence-electron chi connectivity index (χ3n) is 4.85. The fourth-order valence-electron chi connectivity index (χ4n) is 3.54. The van der Waals surface area contributed by atoms with Crippen molar-refractivity contribution in [3.8, 4) is 0 Å². The molecule has 1 fully saturated rings. The molecule has 0 aliphatic carbocycles. The topological polar surface area (TPSA) is 88.3 Å². The van der Waals surface area contributed by atoms with Crippen LogP contribution in [0.25, 0.3) is 5.65 Å². The molecule has 3 aromatic heterocycles. The smallest absolute Gasteiger partial charge is 0.225 e. The Morgan fingerprint density at radius 1 is 1.22 bits per heavy atom. The molecule has 0 unspecified atom stereocenters. The van der Waals surface area contributed by atoms with E-state index in [-0.39, 0.29) is 11.8 Å². The van der Waals surface area contributed by atoms with Crippen LogP contribution in [0, 0.1) is 19.8 Å². The van der Waals surface area contributed by atoms with Crippen molar-refractivity contribution in [1.82, 2.24) is 29.9 Å². The van der Waals surface area contributed by atoms with E-state index in [1.54, 1.807) is 0 Å². The highest BCUT2D eigenvalue weighted by Gasteiger charge is 2.27. The van der Waals surface area contributed by atoms with Gasteiger partial charge in [0.15, 0.2) is 11.5 Å². The van der Waals surface area contributed by atoms with Crippen LogP contribution in [-0.4, -0.2) is 43.6 Å². The van der Waals surface area contributed by atoms with E-state index in [0.29, 0.717) is 19.0 Å². The van der Waals surface area contributed by atoms with Gasteiger partial charge in [-0.25, -0.2) is 9.97 Å². The average Bonchev–Trinajstić information content (AvgIpc) is 3.09. The van der Waals surface area contributed by atoms with E-state index in [4.69, 9.17) is 0 Å². The molecule has 1 atom stereocenters. The maximum atomic E-state index is 12.7. The molecule has 3 aromatic rings. The van der Waals surface area contributed by atoms with Crippen LogP contribution in [0.2, 0.25) is 0 Å². The summed E-state index contributed by atoms with van der Waals surface area (Å²) in [5, 5.41) is 11.3. The van der Waals surface area contributed by atoms with E-state index in [1.165, 1.54) is 0 Å². The maximum absolute atomic E-state index is 12.7. The van der Waals surface area contributed by atoms with E-state index in [0.717, 1.165) is 42.2 Å². The van der Waals surface area contributed by atoms with Gasteiger partial charge in [-0.2, -0.15) is 0 Å². The number of nitrogens with zero attached hydrogens (tertiary/aromatic N) is 6. The zero-order valence-electron chi connectivity index (χ0n) is 15.6. The number of pyridine rings is 1. The van der Waals surface area contributed by atoms with Crippen LogP contribution < -0.4 is 10.2 Å². The van der Waals surface area contributed by atoms with Crippen molar-refractivity contribution in [1.29, 1.82) is 0 Å². The highest BCUT2D eigenvalue weighted by atomic mass is 16.1. The quantitative estimate of drug-likeness (QED) is 0.757. The van der Waals surface area contributed by atoms with Gasteiger partial charge < -0.3 is 10.2 Å². The van der Waals surface area contributed by atoms with Gasteiger partial charge in [0.05, 0.1) is 12.5 Å². The lowest BCUT2D eigenvalue weighted by molar-refractivity contribution is -0.125. The van der Waals surface area contributed by atoms with Crippen molar-refractivity contribution in [2.24, 2.45) is 5.92 Å². The zero-order chi connectivity index (χ0) is 18.8. The fraction of sp³-hybridized carbons (Fsp3) is 0.421. The molecule has 8 nitrogen and oxygen atoms in total. The summed E-state index contributed by atoms with van der Waals surface area (Å²) in [6.07, 6.45) is 3.71. The van der Waals surface area contributed by atoms with Crippen molar-refractivity contribution in [3.05, 3.63) is 47.7 Å². The van der Waals surface area contributed by atoms with Crippen LogP contribution in [-0.2, 0) is 11.3 Å². The van der Waals surface area contributed by atoms with Crippen LogP contribution in [0.3, 0.4) is 0 Å².